The molecule has 1 fully saturated rings. The number of carbonyl (C=O) groups excluding carboxylic acids is 1. The first-order valence-electron chi connectivity index (χ1n) is 9.10. The fraction of sp³-hybridized carbons (Fsp3) is 0.611. The van der Waals surface area contributed by atoms with Crippen LogP contribution in [0.2, 0.25) is 0 Å². The quantitative estimate of drug-likeness (QED) is 0.797. The second-order valence-corrected chi connectivity index (χ2v) is 7.15. The van der Waals surface area contributed by atoms with Crippen molar-refractivity contribution in [3.05, 3.63) is 34.9 Å². The normalized spacial score (nSPS) is 16.9. The fourth-order valence-corrected chi connectivity index (χ4v) is 3.55. The maximum Gasteiger partial charge on any atom is 0.282 e. The second-order valence-electron chi connectivity index (χ2n) is 7.15. The molecule has 1 aliphatic heterocycles. The van der Waals surface area contributed by atoms with E-state index in [1.165, 1.54) is 16.3 Å². The number of halogens is 2. The summed E-state index contributed by atoms with van der Waals surface area (Å²) in [7, 11) is 1.91. The van der Waals surface area contributed by atoms with Crippen LogP contribution in [0.4, 0.5) is 8.78 Å². The molecule has 9 heteroatoms. The minimum atomic E-state index is -2.63. The zero-order valence-electron chi connectivity index (χ0n) is 16.2. The second kappa shape index (κ2) is 7.75. The molecule has 0 radical (unpaired) electrons. The van der Waals surface area contributed by atoms with Gasteiger partial charge in [0.2, 0.25) is 5.91 Å². The van der Waals surface area contributed by atoms with Crippen molar-refractivity contribution in [2.24, 2.45) is 7.05 Å². The van der Waals surface area contributed by atoms with Gasteiger partial charge in [0.25, 0.3) is 6.43 Å². The van der Waals surface area contributed by atoms with Crippen LogP contribution in [0.3, 0.4) is 0 Å². The van der Waals surface area contributed by atoms with Crippen molar-refractivity contribution in [3.63, 3.8) is 0 Å². The lowest BCUT2D eigenvalue weighted by atomic mass is 10.2. The van der Waals surface area contributed by atoms with Gasteiger partial charge in [-0.1, -0.05) is 0 Å². The Labute approximate surface area is 157 Å². The first-order valence-corrected chi connectivity index (χ1v) is 9.10. The summed E-state index contributed by atoms with van der Waals surface area (Å²) in [5, 5.41) is 8.27. The van der Waals surface area contributed by atoms with Crippen molar-refractivity contribution in [1.29, 1.82) is 0 Å². The van der Waals surface area contributed by atoms with E-state index in [0.717, 1.165) is 25.3 Å². The molecule has 1 saturated heterocycles. The van der Waals surface area contributed by atoms with Gasteiger partial charge in [0.15, 0.2) is 0 Å². The number of carbonyl (C=O) groups is 1. The van der Waals surface area contributed by atoms with Crippen molar-refractivity contribution in [2.75, 3.05) is 26.2 Å². The van der Waals surface area contributed by atoms with Crippen molar-refractivity contribution in [2.45, 2.75) is 39.8 Å². The number of alkyl halides is 2. The van der Waals surface area contributed by atoms with Gasteiger partial charge in [-0.3, -0.25) is 19.1 Å². The van der Waals surface area contributed by atoms with E-state index >= 15 is 0 Å². The van der Waals surface area contributed by atoms with E-state index in [0.29, 0.717) is 18.8 Å². The minimum Gasteiger partial charge on any atom is -0.338 e. The number of hydrogen-bond donors (Lipinski definition) is 0. The average Bonchev–Trinajstić information content (AvgIpc) is 3.16. The fourth-order valence-electron chi connectivity index (χ4n) is 3.55. The van der Waals surface area contributed by atoms with Crippen LogP contribution in [0.5, 0.6) is 0 Å². The van der Waals surface area contributed by atoms with E-state index in [2.05, 4.69) is 15.1 Å². The van der Waals surface area contributed by atoms with Crippen molar-refractivity contribution in [3.8, 4) is 0 Å². The molecule has 7 nitrogen and oxygen atoms in total. The van der Waals surface area contributed by atoms with E-state index in [9.17, 15) is 13.6 Å². The van der Waals surface area contributed by atoms with Crippen molar-refractivity contribution < 1.29 is 13.6 Å². The molecular formula is C18H26F2N6O. The molecule has 2 aromatic rings. The van der Waals surface area contributed by atoms with E-state index < -0.39 is 12.5 Å². The first kappa shape index (κ1) is 19.5. The van der Waals surface area contributed by atoms with Crippen LogP contribution in [0.1, 0.15) is 42.0 Å². The van der Waals surface area contributed by atoms with Gasteiger partial charge in [0, 0.05) is 57.2 Å². The molecule has 0 N–H and O–H groups in total. The molecule has 1 unspecified atom stereocenters. The monoisotopic (exact) mass is 380 g/mol. The molecule has 27 heavy (non-hydrogen) atoms. The summed E-state index contributed by atoms with van der Waals surface area (Å²) in [6, 6.07) is 0.743. The molecule has 0 aliphatic carbocycles. The molecule has 0 saturated carbocycles. The summed E-state index contributed by atoms with van der Waals surface area (Å²) >= 11 is 0. The number of piperazine rings is 1. The number of hydrogen-bond acceptors (Lipinski definition) is 4. The number of aryl methyl sites for hydroxylation is 3. The summed E-state index contributed by atoms with van der Waals surface area (Å²) in [4.78, 5) is 16.9. The molecule has 148 valence electrons. The van der Waals surface area contributed by atoms with Gasteiger partial charge >= 0.3 is 0 Å². The summed E-state index contributed by atoms with van der Waals surface area (Å²) in [6.45, 7) is 8.99. The number of rotatable bonds is 5. The number of amides is 1. The van der Waals surface area contributed by atoms with Gasteiger partial charge in [-0.15, -0.1) is 0 Å². The minimum absolute atomic E-state index is 0.0841. The molecule has 1 amide bonds. The number of aromatic nitrogens is 4. The SMILES string of the molecule is Cc1nn(C)cc1CN1CCN(C(=O)C(C)n2nc(C(F)F)cc2C)CC1. The Morgan fingerprint density at radius 1 is 1.19 bits per heavy atom. The van der Waals surface area contributed by atoms with Crippen LogP contribution in [0, 0.1) is 13.8 Å². The highest BCUT2D eigenvalue weighted by Gasteiger charge is 2.28. The van der Waals surface area contributed by atoms with Gasteiger partial charge in [-0.25, -0.2) is 8.78 Å². The zero-order chi connectivity index (χ0) is 19.7. The highest BCUT2D eigenvalue weighted by molar-refractivity contribution is 5.80. The summed E-state index contributed by atoms with van der Waals surface area (Å²) in [5.41, 5.74) is 2.49. The molecule has 1 aliphatic rings. The third kappa shape index (κ3) is 4.18. The highest BCUT2D eigenvalue weighted by Crippen LogP contribution is 2.22. The zero-order valence-corrected chi connectivity index (χ0v) is 16.2. The predicted octanol–water partition coefficient (Wildman–Crippen LogP) is 2.08. The molecular weight excluding hydrogens is 354 g/mol. The van der Waals surface area contributed by atoms with Crippen molar-refractivity contribution >= 4 is 5.91 Å². The summed E-state index contributed by atoms with van der Waals surface area (Å²) in [5.74, 6) is -0.0841. The Bertz CT molecular complexity index is 807. The Morgan fingerprint density at radius 2 is 1.85 bits per heavy atom. The number of nitrogens with zero attached hydrogens (tertiary/aromatic N) is 6. The molecule has 2 aromatic heterocycles. The van der Waals surface area contributed by atoms with Crippen LogP contribution in [-0.2, 0) is 18.4 Å². The summed E-state index contributed by atoms with van der Waals surface area (Å²) in [6.07, 6.45) is -0.609. The van der Waals surface area contributed by atoms with Crippen LogP contribution in [-0.4, -0.2) is 61.4 Å². The van der Waals surface area contributed by atoms with E-state index in [1.54, 1.807) is 18.7 Å². The predicted molar refractivity (Wildman–Crippen MR) is 96.4 cm³/mol. The van der Waals surface area contributed by atoms with E-state index in [4.69, 9.17) is 0 Å². The van der Waals surface area contributed by atoms with Gasteiger partial charge in [0.05, 0.1) is 5.69 Å². The molecule has 0 spiro atoms. The topological polar surface area (TPSA) is 59.2 Å². The first-order chi connectivity index (χ1) is 12.8. The van der Waals surface area contributed by atoms with E-state index in [-0.39, 0.29) is 11.6 Å². The third-order valence-electron chi connectivity index (χ3n) is 5.08. The maximum absolute atomic E-state index is 12.8. The van der Waals surface area contributed by atoms with Crippen molar-refractivity contribution in [1.82, 2.24) is 29.4 Å². The van der Waals surface area contributed by atoms with Crippen LogP contribution in [0.15, 0.2) is 12.3 Å². The molecule has 1 atom stereocenters. The molecule has 0 bridgehead atoms. The standard InChI is InChI=1S/C18H26F2N6O/c1-12-9-16(17(19)20)22-26(12)14(3)18(27)25-7-5-24(6-8-25)11-15-10-23(4)21-13(15)2/h9-10,14,17H,5-8,11H2,1-4H3. The lowest BCUT2D eigenvalue weighted by molar-refractivity contribution is -0.136. The lowest BCUT2D eigenvalue weighted by Gasteiger charge is -2.36. The van der Waals surface area contributed by atoms with Crippen LogP contribution < -0.4 is 0 Å². The van der Waals surface area contributed by atoms with Gasteiger partial charge < -0.3 is 4.90 Å². The highest BCUT2D eigenvalue weighted by atomic mass is 19.3. The van der Waals surface area contributed by atoms with Gasteiger partial charge in [-0.2, -0.15) is 10.2 Å². The Kier molecular flexibility index (Phi) is 5.59. The smallest absolute Gasteiger partial charge is 0.282 e. The Hall–Kier alpha value is -2.29. The van der Waals surface area contributed by atoms with E-state index in [1.807, 2.05) is 24.9 Å². The molecule has 3 heterocycles. The maximum atomic E-state index is 12.8. The largest absolute Gasteiger partial charge is 0.338 e. The Balaban J connectivity index is 1.58. The van der Waals surface area contributed by atoms with Gasteiger partial charge in [-0.05, 0) is 26.8 Å². The third-order valence-corrected chi connectivity index (χ3v) is 5.08. The molecule has 3 rings (SSSR count). The van der Waals surface area contributed by atoms with Crippen LogP contribution >= 0.6 is 0 Å². The Morgan fingerprint density at radius 3 is 2.37 bits per heavy atom. The summed E-state index contributed by atoms with van der Waals surface area (Å²) < 4.78 is 28.9. The lowest BCUT2D eigenvalue weighted by Crippen LogP contribution is -2.50. The average molecular weight is 380 g/mol. The van der Waals surface area contributed by atoms with Crippen LogP contribution in [0.25, 0.3) is 0 Å². The van der Waals surface area contributed by atoms with Gasteiger partial charge in [0.1, 0.15) is 11.7 Å². The molecule has 0 aromatic carbocycles.